The van der Waals surface area contributed by atoms with Crippen LogP contribution >= 0.6 is 0 Å². The highest BCUT2D eigenvalue weighted by Gasteiger charge is 2.31. The van der Waals surface area contributed by atoms with Crippen LogP contribution in [0.4, 0.5) is 17.6 Å². The molecule has 0 aliphatic heterocycles. The molecule has 0 N–H and O–H groups in total. The van der Waals surface area contributed by atoms with Gasteiger partial charge in [0.2, 0.25) is 0 Å². The molecule has 0 radical (unpaired) electrons. The largest absolute Gasteiger partial charge is 0.416 e. The van der Waals surface area contributed by atoms with Crippen molar-refractivity contribution in [3.8, 4) is 0 Å². The molecule has 2 atom stereocenters. The molecule has 2 unspecified atom stereocenters. The predicted molar refractivity (Wildman–Crippen MR) is 90.1 cm³/mol. The Kier molecular flexibility index (Phi) is 6.00. The summed E-state index contributed by atoms with van der Waals surface area (Å²) < 4.78 is 63.3. The van der Waals surface area contributed by atoms with Crippen LogP contribution in [-0.2, 0) is 23.5 Å². The van der Waals surface area contributed by atoms with Crippen LogP contribution < -0.4 is 0 Å². The third-order valence-corrected chi connectivity index (χ3v) is 5.01. The molecule has 136 valence electrons. The highest BCUT2D eigenvalue weighted by atomic mass is 32.2. The Balaban J connectivity index is 2.17. The molecule has 0 heterocycles. The number of alkyl halides is 3. The summed E-state index contributed by atoms with van der Waals surface area (Å²) in [5.74, 6) is -0.902. The summed E-state index contributed by atoms with van der Waals surface area (Å²) in [5, 5.41) is 0. The van der Waals surface area contributed by atoms with Crippen molar-refractivity contribution < 1.29 is 21.8 Å². The fourth-order valence-corrected chi connectivity index (χ4v) is 3.04. The van der Waals surface area contributed by atoms with Crippen molar-refractivity contribution in [3.63, 3.8) is 0 Å². The van der Waals surface area contributed by atoms with E-state index in [9.17, 15) is 21.8 Å². The fraction of sp³-hybridized carbons (Fsp3) is 0.333. The second-order valence-electron chi connectivity index (χ2n) is 5.96. The van der Waals surface area contributed by atoms with Gasteiger partial charge < -0.3 is 0 Å². The minimum absolute atomic E-state index is 0.100. The Labute approximate surface area is 146 Å². The lowest BCUT2D eigenvalue weighted by atomic mass is 10.1. The normalized spacial score (nSPS) is 14.6. The molecule has 2 rings (SSSR count). The van der Waals surface area contributed by atoms with Gasteiger partial charge in [0.25, 0.3) is 0 Å². The van der Waals surface area contributed by atoms with E-state index in [2.05, 4.69) is 0 Å². The topological polar surface area (TPSA) is 20.3 Å². The smallest absolute Gasteiger partial charge is 0.295 e. The molecular formula is C18H19F4NOS. The Morgan fingerprint density at radius 1 is 1.12 bits per heavy atom. The molecule has 2 aromatic rings. The number of hydrogen-bond acceptors (Lipinski definition) is 2. The van der Waals surface area contributed by atoms with Crippen LogP contribution in [0, 0.1) is 5.82 Å². The van der Waals surface area contributed by atoms with Gasteiger partial charge in [0, 0.05) is 34.5 Å². The molecule has 7 heteroatoms. The minimum Gasteiger partial charge on any atom is -0.295 e. The second kappa shape index (κ2) is 7.66. The van der Waals surface area contributed by atoms with Crippen molar-refractivity contribution in [2.24, 2.45) is 0 Å². The van der Waals surface area contributed by atoms with E-state index in [4.69, 9.17) is 0 Å². The van der Waals surface area contributed by atoms with E-state index in [0.29, 0.717) is 11.0 Å². The van der Waals surface area contributed by atoms with Crippen molar-refractivity contribution in [2.75, 3.05) is 13.3 Å². The summed E-state index contributed by atoms with van der Waals surface area (Å²) in [6.07, 6.45) is -2.99. The first-order valence-corrected chi connectivity index (χ1v) is 9.14. The maximum Gasteiger partial charge on any atom is 0.416 e. The Morgan fingerprint density at radius 3 is 2.24 bits per heavy atom. The van der Waals surface area contributed by atoms with E-state index < -0.39 is 28.4 Å². The zero-order valence-corrected chi connectivity index (χ0v) is 14.9. The fourth-order valence-electron chi connectivity index (χ4n) is 2.52. The van der Waals surface area contributed by atoms with Gasteiger partial charge in [0.15, 0.2) is 0 Å². The van der Waals surface area contributed by atoms with Crippen LogP contribution in [0.5, 0.6) is 0 Å². The van der Waals surface area contributed by atoms with E-state index in [1.54, 1.807) is 25.4 Å². The maximum absolute atomic E-state index is 13.5. The first-order valence-electron chi connectivity index (χ1n) is 7.58. The first kappa shape index (κ1) is 19.6. The average molecular weight is 373 g/mol. The maximum atomic E-state index is 13.5. The van der Waals surface area contributed by atoms with E-state index in [1.807, 2.05) is 24.0 Å². The first-order chi connectivity index (χ1) is 11.6. The van der Waals surface area contributed by atoms with Gasteiger partial charge in [-0.2, -0.15) is 13.2 Å². The average Bonchev–Trinajstić information content (AvgIpc) is 2.52. The number of halogens is 4. The lowest BCUT2D eigenvalue weighted by Crippen LogP contribution is -2.22. The molecule has 0 saturated heterocycles. The van der Waals surface area contributed by atoms with Crippen molar-refractivity contribution >= 4 is 10.8 Å². The summed E-state index contributed by atoms with van der Waals surface area (Å²) in [6, 6.07) is 9.68. The highest BCUT2D eigenvalue weighted by molar-refractivity contribution is 7.84. The van der Waals surface area contributed by atoms with E-state index in [1.165, 1.54) is 0 Å². The number of hydrogen-bond donors (Lipinski definition) is 0. The zero-order valence-electron chi connectivity index (χ0n) is 14.1. The third-order valence-electron chi connectivity index (χ3n) is 4.07. The zero-order chi connectivity index (χ0) is 18.8. The summed E-state index contributed by atoms with van der Waals surface area (Å²) in [5.41, 5.74) is 0.204. The molecule has 2 aromatic carbocycles. The summed E-state index contributed by atoms with van der Waals surface area (Å²) in [6.45, 7) is 2.07. The molecule has 0 aliphatic rings. The molecule has 0 aliphatic carbocycles. The lowest BCUT2D eigenvalue weighted by Gasteiger charge is -2.25. The highest BCUT2D eigenvalue weighted by Crippen LogP contribution is 2.31. The minimum atomic E-state index is -4.58. The van der Waals surface area contributed by atoms with Crippen LogP contribution in [0.3, 0.4) is 0 Å². The van der Waals surface area contributed by atoms with Gasteiger partial charge in [-0.25, -0.2) is 4.39 Å². The van der Waals surface area contributed by atoms with E-state index in [-0.39, 0.29) is 18.2 Å². The van der Waals surface area contributed by atoms with E-state index >= 15 is 0 Å². The van der Waals surface area contributed by atoms with Crippen LogP contribution in [-0.4, -0.2) is 22.4 Å². The quantitative estimate of drug-likeness (QED) is 0.704. The van der Waals surface area contributed by atoms with Gasteiger partial charge in [-0.15, -0.1) is 0 Å². The summed E-state index contributed by atoms with van der Waals surface area (Å²) >= 11 is 0. The van der Waals surface area contributed by atoms with Crippen molar-refractivity contribution in [2.45, 2.75) is 30.6 Å². The standard InChI is InChI=1S/C18H19F4NOS/c1-12(14-4-6-17(7-5-14)25(3)24)23(2)11-13-8-15(18(20,21)22)10-16(19)9-13/h4-10,12H,11H2,1-3H3. The van der Waals surface area contributed by atoms with Gasteiger partial charge >= 0.3 is 6.18 Å². The summed E-state index contributed by atoms with van der Waals surface area (Å²) in [4.78, 5) is 2.53. The SMILES string of the molecule is CC(c1ccc(S(C)=O)cc1)N(C)Cc1cc(F)cc(C(F)(F)F)c1. The Morgan fingerprint density at radius 2 is 1.72 bits per heavy atom. The van der Waals surface area contributed by atoms with Gasteiger partial charge in [-0.3, -0.25) is 9.11 Å². The van der Waals surface area contributed by atoms with Gasteiger partial charge in [0.1, 0.15) is 5.82 Å². The molecule has 0 aromatic heterocycles. The Bertz CT molecular complexity index is 759. The van der Waals surface area contributed by atoms with Crippen LogP contribution in [0.1, 0.15) is 29.7 Å². The van der Waals surface area contributed by atoms with Crippen LogP contribution in [0.25, 0.3) is 0 Å². The molecule has 0 saturated carbocycles. The molecule has 2 nitrogen and oxygen atoms in total. The number of benzene rings is 2. The molecule has 25 heavy (non-hydrogen) atoms. The third kappa shape index (κ3) is 5.12. The molecular weight excluding hydrogens is 354 g/mol. The molecule has 0 spiro atoms. The van der Waals surface area contributed by atoms with Crippen LogP contribution in [0.2, 0.25) is 0 Å². The van der Waals surface area contributed by atoms with E-state index in [0.717, 1.165) is 17.7 Å². The number of nitrogens with zero attached hydrogens (tertiary/aromatic N) is 1. The van der Waals surface area contributed by atoms with Crippen LogP contribution in [0.15, 0.2) is 47.4 Å². The van der Waals surface area contributed by atoms with Gasteiger partial charge in [-0.05, 0) is 55.4 Å². The van der Waals surface area contributed by atoms with Crippen molar-refractivity contribution in [3.05, 3.63) is 65.0 Å². The lowest BCUT2D eigenvalue weighted by molar-refractivity contribution is -0.137. The predicted octanol–water partition coefficient (Wildman–Crippen LogP) is 4.77. The van der Waals surface area contributed by atoms with Crippen molar-refractivity contribution in [1.29, 1.82) is 0 Å². The monoisotopic (exact) mass is 373 g/mol. The Hall–Kier alpha value is -1.73. The van der Waals surface area contributed by atoms with Gasteiger partial charge in [0.05, 0.1) is 5.56 Å². The second-order valence-corrected chi connectivity index (χ2v) is 7.34. The summed E-state index contributed by atoms with van der Waals surface area (Å²) in [7, 11) is 0.690. The molecule has 0 bridgehead atoms. The number of rotatable bonds is 5. The van der Waals surface area contributed by atoms with Gasteiger partial charge in [-0.1, -0.05) is 12.1 Å². The molecule has 0 amide bonds. The molecule has 0 fully saturated rings. The van der Waals surface area contributed by atoms with Crippen molar-refractivity contribution in [1.82, 2.24) is 4.90 Å².